The Bertz CT molecular complexity index is 652. The maximum absolute atomic E-state index is 13.2. The first-order valence-electron chi connectivity index (χ1n) is 5.69. The quantitative estimate of drug-likeness (QED) is 0.451. The summed E-state index contributed by atoms with van der Waals surface area (Å²) in [5.41, 5.74) is -5.87. The molecule has 120 valence electrons. The summed E-state index contributed by atoms with van der Waals surface area (Å²) in [5, 5.41) is 9.07. The van der Waals surface area contributed by atoms with Gasteiger partial charge in [0.05, 0.1) is 26.8 Å². The number of hydrogen-bond acceptors (Lipinski definition) is 2. The molecule has 0 aliphatic carbocycles. The number of halogens is 6. The number of thiol groups is 1. The van der Waals surface area contributed by atoms with E-state index in [0.29, 0.717) is 6.07 Å². The Labute approximate surface area is 133 Å². The van der Waals surface area contributed by atoms with E-state index in [9.17, 15) is 26.3 Å². The van der Waals surface area contributed by atoms with Crippen LogP contribution in [-0.2, 0) is 17.8 Å². The second kappa shape index (κ2) is 5.74. The molecule has 0 spiro atoms. The molecule has 1 rings (SSSR count). The van der Waals surface area contributed by atoms with E-state index in [0.717, 1.165) is 0 Å². The molecule has 1 nitrogen and oxygen atoms in total. The van der Waals surface area contributed by atoms with Gasteiger partial charge in [-0.1, -0.05) is 12.2 Å². The van der Waals surface area contributed by atoms with Gasteiger partial charge in [0.15, 0.2) is 0 Å². The summed E-state index contributed by atoms with van der Waals surface area (Å²) >= 11 is 8.35. The molecule has 9 heteroatoms. The van der Waals surface area contributed by atoms with E-state index in [2.05, 4.69) is 24.8 Å². The predicted octanol–water partition coefficient (Wildman–Crippen LogP) is 5.13. The molecular formula is C13H9F6NS2. The first kappa shape index (κ1) is 18.8. The number of hydrogen-bond donors (Lipinski definition) is 1. The topological polar surface area (TPSA) is 23.8 Å². The van der Waals surface area contributed by atoms with Gasteiger partial charge < -0.3 is 0 Å². The fourth-order valence-electron chi connectivity index (χ4n) is 1.93. The SMILES string of the molecule is CC(C)(C#N)c1c(C(=S)S)cc(C(F)(F)F)cc1C(F)(F)F. The van der Waals surface area contributed by atoms with Crippen LogP contribution in [0.1, 0.15) is 36.1 Å². The van der Waals surface area contributed by atoms with Crippen molar-refractivity contribution in [1.29, 1.82) is 5.26 Å². The van der Waals surface area contributed by atoms with Gasteiger partial charge in [-0.2, -0.15) is 31.6 Å². The van der Waals surface area contributed by atoms with Crippen molar-refractivity contribution in [2.45, 2.75) is 31.6 Å². The fraction of sp³-hybridized carbons (Fsp3) is 0.385. The summed E-state index contributed by atoms with van der Waals surface area (Å²) in [4.78, 5) is 0. The van der Waals surface area contributed by atoms with Crippen LogP contribution in [0, 0.1) is 11.3 Å². The zero-order chi connectivity index (χ0) is 17.5. The van der Waals surface area contributed by atoms with Crippen molar-refractivity contribution in [3.05, 3.63) is 34.4 Å². The number of alkyl halides is 6. The minimum atomic E-state index is -5.07. The molecule has 0 atom stereocenters. The third-order valence-corrected chi connectivity index (χ3v) is 3.37. The van der Waals surface area contributed by atoms with Crippen LogP contribution < -0.4 is 0 Å². The number of nitriles is 1. The molecule has 1 aromatic rings. The van der Waals surface area contributed by atoms with Crippen molar-refractivity contribution in [3.63, 3.8) is 0 Å². The van der Waals surface area contributed by atoms with Gasteiger partial charge in [0.1, 0.15) is 0 Å². The minimum Gasteiger partial charge on any atom is -0.197 e. The number of thiocarbonyl (C=S) groups is 1. The van der Waals surface area contributed by atoms with Gasteiger partial charge >= 0.3 is 12.4 Å². The van der Waals surface area contributed by atoms with Gasteiger partial charge in [-0.05, 0) is 31.5 Å². The molecule has 0 aliphatic rings. The predicted molar refractivity (Wildman–Crippen MR) is 75.8 cm³/mol. The molecule has 1 aromatic carbocycles. The lowest BCUT2D eigenvalue weighted by Crippen LogP contribution is -2.25. The van der Waals surface area contributed by atoms with Crippen molar-refractivity contribution in [2.75, 3.05) is 0 Å². The first-order chi connectivity index (χ1) is 9.71. The monoisotopic (exact) mass is 357 g/mol. The summed E-state index contributed by atoms with van der Waals surface area (Å²) in [6.45, 7) is 2.33. The molecule has 0 N–H and O–H groups in total. The molecule has 0 aliphatic heterocycles. The van der Waals surface area contributed by atoms with Gasteiger partial charge in [-0.15, -0.1) is 12.6 Å². The van der Waals surface area contributed by atoms with Gasteiger partial charge in [-0.25, -0.2) is 0 Å². The van der Waals surface area contributed by atoms with Gasteiger partial charge in [0.25, 0.3) is 0 Å². The van der Waals surface area contributed by atoms with Crippen LogP contribution in [-0.4, -0.2) is 4.20 Å². The average molecular weight is 357 g/mol. The second-order valence-electron chi connectivity index (χ2n) is 4.98. The average Bonchev–Trinajstić information content (AvgIpc) is 2.34. The number of nitrogens with zero attached hydrogens (tertiary/aromatic N) is 1. The molecule has 22 heavy (non-hydrogen) atoms. The van der Waals surface area contributed by atoms with Crippen molar-refractivity contribution >= 4 is 29.0 Å². The lowest BCUT2D eigenvalue weighted by Gasteiger charge is -2.26. The summed E-state index contributed by atoms with van der Waals surface area (Å²) in [6, 6.07) is 2.12. The zero-order valence-corrected chi connectivity index (χ0v) is 12.9. The summed E-state index contributed by atoms with van der Waals surface area (Å²) in [7, 11) is 0. The molecule has 0 saturated heterocycles. The Hall–Kier alpha value is -1.27. The Morgan fingerprint density at radius 1 is 1.09 bits per heavy atom. The molecule has 0 heterocycles. The first-order valence-corrected chi connectivity index (χ1v) is 6.55. The number of rotatable bonds is 2. The Morgan fingerprint density at radius 2 is 1.59 bits per heavy atom. The maximum Gasteiger partial charge on any atom is 0.416 e. The van der Waals surface area contributed by atoms with Crippen LogP contribution in [0.5, 0.6) is 0 Å². The van der Waals surface area contributed by atoms with E-state index in [4.69, 9.17) is 5.26 Å². The molecule has 0 bridgehead atoms. The summed E-state index contributed by atoms with van der Waals surface area (Å²) < 4.78 is 77.5. The summed E-state index contributed by atoms with van der Waals surface area (Å²) in [6.07, 6.45) is -10.1. The maximum atomic E-state index is 13.2. The van der Waals surface area contributed by atoms with E-state index in [1.807, 2.05) is 0 Å². The van der Waals surface area contributed by atoms with Gasteiger partial charge in [-0.3, -0.25) is 0 Å². The van der Waals surface area contributed by atoms with Crippen LogP contribution in [0.2, 0.25) is 0 Å². The van der Waals surface area contributed by atoms with Crippen LogP contribution in [0.15, 0.2) is 12.1 Å². The van der Waals surface area contributed by atoms with E-state index in [1.54, 1.807) is 6.07 Å². The lowest BCUT2D eigenvalue weighted by molar-refractivity contribution is -0.143. The fourth-order valence-corrected chi connectivity index (χ4v) is 2.26. The molecule has 0 amide bonds. The van der Waals surface area contributed by atoms with Gasteiger partial charge in [0.2, 0.25) is 0 Å². The molecule has 0 aromatic heterocycles. The highest BCUT2D eigenvalue weighted by Crippen LogP contribution is 2.43. The Balaban J connectivity index is 3.97. The van der Waals surface area contributed by atoms with Crippen molar-refractivity contribution in [1.82, 2.24) is 0 Å². The third-order valence-electron chi connectivity index (χ3n) is 2.91. The molecule has 0 unspecified atom stereocenters. The van der Waals surface area contributed by atoms with Gasteiger partial charge in [0, 0.05) is 5.56 Å². The van der Waals surface area contributed by atoms with E-state index >= 15 is 0 Å². The van der Waals surface area contributed by atoms with E-state index in [-0.39, 0.29) is 6.07 Å². The Morgan fingerprint density at radius 3 is 1.91 bits per heavy atom. The summed E-state index contributed by atoms with van der Waals surface area (Å²) in [5.74, 6) is 0. The van der Waals surface area contributed by atoms with E-state index in [1.165, 1.54) is 13.8 Å². The molecule has 0 radical (unpaired) electrons. The lowest BCUT2D eigenvalue weighted by atomic mass is 9.79. The van der Waals surface area contributed by atoms with E-state index < -0.39 is 44.2 Å². The smallest absolute Gasteiger partial charge is 0.197 e. The Kier molecular flexibility index (Phi) is 4.90. The molecular weight excluding hydrogens is 348 g/mol. The highest BCUT2D eigenvalue weighted by atomic mass is 32.1. The van der Waals surface area contributed by atoms with Crippen LogP contribution in [0.25, 0.3) is 0 Å². The van der Waals surface area contributed by atoms with Crippen molar-refractivity contribution in [3.8, 4) is 6.07 Å². The molecule has 0 fully saturated rings. The number of benzene rings is 1. The van der Waals surface area contributed by atoms with Crippen molar-refractivity contribution in [2.24, 2.45) is 0 Å². The van der Waals surface area contributed by atoms with Crippen LogP contribution in [0.3, 0.4) is 0 Å². The largest absolute Gasteiger partial charge is 0.416 e. The van der Waals surface area contributed by atoms with Crippen LogP contribution >= 0.6 is 24.8 Å². The van der Waals surface area contributed by atoms with Crippen molar-refractivity contribution < 1.29 is 26.3 Å². The second-order valence-corrected chi connectivity index (χ2v) is 6.14. The third kappa shape index (κ3) is 3.73. The standard InChI is InChI=1S/C13H9F6NS2/c1-11(2,5-20)9-7(10(21)22)3-6(12(14,15)16)4-8(9)13(17,18)19/h3-4H,1-2H3,(H,21,22). The molecule has 0 saturated carbocycles. The highest BCUT2D eigenvalue weighted by molar-refractivity contribution is 8.11. The zero-order valence-electron chi connectivity index (χ0n) is 11.2. The highest BCUT2D eigenvalue weighted by Gasteiger charge is 2.43. The normalized spacial score (nSPS) is 12.9. The minimum absolute atomic E-state index is 0.00995. The van der Waals surface area contributed by atoms with Crippen LogP contribution in [0.4, 0.5) is 26.3 Å².